The van der Waals surface area contributed by atoms with E-state index in [0.29, 0.717) is 17.7 Å². The maximum Gasteiger partial charge on any atom is 0.516 e. The fraction of sp³-hybridized carbons (Fsp3) is 0.150. The summed E-state index contributed by atoms with van der Waals surface area (Å²) >= 11 is 16.7. The zero-order valence-corrected chi connectivity index (χ0v) is 16.3. The summed E-state index contributed by atoms with van der Waals surface area (Å²) < 4.78 is 14.1. The van der Waals surface area contributed by atoms with Gasteiger partial charge in [0.1, 0.15) is 12.4 Å². The minimum atomic E-state index is -1.72. The summed E-state index contributed by atoms with van der Waals surface area (Å²) in [7, 11) is 0. The molecule has 1 aromatic heterocycles. The summed E-state index contributed by atoms with van der Waals surface area (Å²) in [4.78, 5) is 11.9. The summed E-state index contributed by atoms with van der Waals surface area (Å²) in [5, 5.41) is 0. The van der Waals surface area contributed by atoms with Crippen molar-refractivity contribution in [3.8, 4) is 17.3 Å². The average Bonchev–Trinajstić information content (AvgIpc) is 3.03. The Hall–Kier alpha value is -2.14. The number of hydrogen-bond donors (Lipinski definition) is 0. The van der Waals surface area contributed by atoms with E-state index in [9.17, 15) is 4.79 Å². The van der Waals surface area contributed by atoms with E-state index in [1.807, 2.05) is 66.7 Å². The molecule has 3 rings (SSSR count). The molecule has 0 spiro atoms. The lowest BCUT2D eigenvalue weighted by molar-refractivity contribution is 0.0917. The number of halogens is 3. The first-order valence-corrected chi connectivity index (χ1v) is 9.17. The Morgan fingerprint density at radius 2 is 1.59 bits per heavy atom. The molecule has 27 heavy (non-hydrogen) atoms. The van der Waals surface area contributed by atoms with Gasteiger partial charge in [-0.2, -0.15) is 0 Å². The van der Waals surface area contributed by atoms with E-state index in [2.05, 4.69) is 0 Å². The van der Waals surface area contributed by atoms with Crippen molar-refractivity contribution in [3.05, 3.63) is 77.9 Å². The third-order valence-corrected chi connectivity index (χ3v) is 3.92. The first-order chi connectivity index (χ1) is 12.9. The van der Waals surface area contributed by atoms with E-state index in [0.717, 1.165) is 11.1 Å². The van der Waals surface area contributed by atoms with Crippen LogP contribution < -0.4 is 4.74 Å². The van der Waals surface area contributed by atoms with Gasteiger partial charge in [-0.05, 0) is 11.6 Å². The topological polar surface area (TPSA) is 48.7 Å². The zero-order chi connectivity index (χ0) is 19.3. The molecule has 2 aromatic carbocycles. The number of rotatable bonds is 5. The SMILES string of the molecule is O=C(OCC(Cl)(Cl)Cl)Oc1oc(-c2ccccc2)cc1Cc1ccccc1. The number of furan rings is 1. The molecule has 0 amide bonds. The highest BCUT2D eigenvalue weighted by atomic mass is 35.6. The van der Waals surface area contributed by atoms with Gasteiger partial charge in [-0.1, -0.05) is 95.5 Å². The minimum absolute atomic E-state index is 0.0482. The molecule has 4 nitrogen and oxygen atoms in total. The molecule has 0 unspecified atom stereocenters. The number of carbonyl (C=O) groups excluding carboxylic acids is 1. The standard InChI is InChI=1S/C20H15Cl3O4/c21-20(22,23)13-25-19(24)27-18-16(11-14-7-3-1-4-8-14)12-17(26-18)15-9-5-2-6-10-15/h1-10,12H,11,13H2. The molecule has 3 aromatic rings. The third kappa shape index (κ3) is 5.93. The van der Waals surface area contributed by atoms with Crippen LogP contribution in [0.3, 0.4) is 0 Å². The Kier molecular flexibility index (Phi) is 6.32. The van der Waals surface area contributed by atoms with E-state index < -0.39 is 16.6 Å². The van der Waals surface area contributed by atoms with E-state index in [1.165, 1.54) is 0 Å². The van der Waals surface area contributed by atoms with Gasteiger partial charge in [-0.3, -0.25) is 0 Å². The van der Waals surface area contributed by atoms with Crippen molar-refractivity contribution in [1.29, 1.82) is 0 Å². The van der Waals surface area contributed by atoms with Crippen molar-refractivity contribution < 1.29 is 18.7 Å². The summed E-state index contributed by atoms with van der Waals surface area (Å²) in [5.74, 6) is 0.623. The van der Waals surface area contributed by atoms with Crippen molar-refractivity contribution >= 4 is 41.0 Å². The monoisotopic (exact) mass is 424 g/mol. The average molecular weight is 426 g/mol. The second-order valence-electron chi connectivity index (χ2n) is 5.71. The molecule has 1 heterocycles. The van der Waals surface area contributed by atoms with Crippen LogP contribution in [-0.4, -0.2) is 16.6 Å². The Bertz CT molecular complexity index is 887. The molecular formula is C20H15Cl3O4. The van der Waals surface area contributed by atoms with Gasteiger partial charge in [0.05, 0.1) is 0 Å². The quantitative estimate of drug-likeness (QED) is 0.349. The lowest BCUT2D eigenvalue weighted by Crippen LogP contribution is -2.19. The van der Waals surface area contributed by atoms with Crippen LogP contribution in [-0.2, 0) is 11.2 Å². The van der Waals surface area contributed by atoms with Crippen molar-refractivity contribution in [2.24, 2.45) is 0 Å². The zero-order valence-electron chi connectivity index (χ0n) is 14.0. The largest absolute Gasteiger partial charge is 0.516 e. The van der Waals surface area contributed by atoms with Crippen LogP contribution in [0.2, 0.25) is 0 Å². The molecule has 0 saturated heterocycles. The highest BCUT2D eigenvalue weighted by Crippen LogP contribution is 2.33. The molecule has 0 fully saturated rings. The Morgan fingerprint density at radius 1 is 0.963 bits per heavy atom. The van der Waals surface area contributed by atoms with Crippen LogP contribution in [0.5, 0.6) is 5.95 Å². The van der Waals surface area contributed by atoms with Crippen LogP contribution in [0.1, 0.15) is 11.1 Å². The maximum atomic E-state index is 11.9. The molecule has 0 aliphatic rings. The number of alkyl halides is 3. The fourth-order valence-corrected chi connectivity index (χ4v) is 2.59. The Morgan fingerprint density at radius 3 is 2.22 bits per heavy atom. The molecule has 0 saturated carbocycles. The highest BCUT2D eigenvalue weighted by Gasteiger charge is 2.24. The number of carbonyl (C=O) groups is 1. The van der Waals surface area contributed by atoms with E-state index in [-0.39, 0.29) is 5.95 Å². The number of hydrogen-bond acceptors (Lipinski definition) is 4. The maximum absolute atomic E-state index is 11.9. The number of ether oxygens (including phenoxy) is 2. The molecule has 0 bridgehead atoms. The molecule has 0 N–H and O–H groups in total. The van der Waals surface area contributed by atoms with Crippen LogP contribution in [0.15, 0.2) is 71.1 Å². The molecule has 0 aliphatic heterocycles. The minimum Gasteiger partial charge on any atom is -0.429 e. The molecule has 0 radical (unpaired) electrons. The lowest BCUT2D eigenvalue weighted by atomic mass is 10.1. The fourth-order valence-electron chi connectivity index (χ4n) is 2.43. The van der Waals surface area contributed by atoms with Crippen molar-refractivity contribution in [3.63, 3.8) is 0 Å². The van der Waals surface area contributed by atoms with Gasteiger partial charge in [-0.15, -0.1) is 0 Å². The van der Waals surface area contributed by atoms with Gasteiger partial charge in [-0.25, -0.2) is 4.79 Å². The predicted octanol–water partition coefficient (Wildman–Crippen LogP) is 6.42. The van der Waals surface area contributed by atoms with Crippen LogP contribution in [0, 0.1) is 0 Å². The van der Waals surface area contributed by atoms with Crippen LogP contribution in [0.4, 0.5) is 4.79 Å². The first-order valence-electron chi connectivity index (χ1n) is 8.04. The normalized spacial score (nSPS) is 11.2. The molecule has 0 atom stereocenters. The Labute approximate surface area is 171 Å². The van der Waals surface area contributed by atoms with E-state index in [1.54, 1.807) is 0 Å². The molecular weight excluding hydrogens is 411 g/mol. The Balaban J connectivity index is 1.83. The van der Waals surface area contributed by atoms with Crippen molar-refractivity contribution in [1.82, 2.24) is 0 Å². The van der Waals surface area contributed by atoms with Crippen molar-refractivity contribution in [2.75, 3.05) is 6.61 Å². The summed E-state index contributed by atoms with van der Waals surface area (Å²) in [6, 6.07) is 21.1. The highest BCUT2D eigenvalue weighted by molar-refractivity contribution is 6.67. The van der Waals surface area contributed by atoms with Gasteiger partial charge >= 0.3 is 6.16 Å². The lowest BCUT2D eigenvalue weighted by Gasteiger charge is -2.10. The summed E-state index contributed by atoms with van der Waals surface area (Å²) in [6.07, 6.45) is -0.492. The van der Waals surface area contributed by atoms with Gasteiger partial charge in [0, 0.05) is 17.5 Å². The van der Waals surface area contributed by atoms with Crippen LogP contribution in [0.25, 0.3) is 11.3 Å². The van der Waals surface area contributed by atoms with Gasteiger partial charge in [0.25, 0.3) is 5.95 Å². The van der Waals surface area contributed by atoms with Gasteiger partial charge in [0.15, 0.2) is 0 Å². The summed E-state index contributed by atoms with van der Waals surface area (Å²) in [5.41, 5.74) is 2.60. The third-order valence-electron chi connectivity index (χ3n) is 3.60. The van der Waals surface area contributed by atoms with E-state index in [4.69, 9.17) is 48.7 Å². The van der Waals surface area contributed by atoms with E-state index >= 15 is 0 Å². The predicted molar refractivity (Wildman–Crippen MR) is 106 cm³/mol. The second kappa shape index (κ2) is 8.70. The smallest absolute Gasteiger partial charge is 0.429 e. The van der Waals surface area contributed by atoms with Crippen LogP contribution >= 0.6 is 34.8 Å². The van der Waals surface area contributed by atoms with Gasteiger partial charge in [0.2, 0.25) is 3.79 Å². The molecule has 0 aliphatic carbocycles. The van der Waals surface area contributed by atoms with Crippen molar-refractivity contribution in [2.45, 2.75) is 10.2 Å². The second-order valence-corrected chi connectivity index (χ2v) is 8.22. The molecule has 7 heteroatoms. The number of benzene rings is 2. The first kappa shape index (κ1) is 19.6. The summed E-state index contributed by atoms with van der Waals surface area (Å²) in [6.45, 7) is -0.434. The molecule has 140 valence electrons. The van der Waals surface area contributed by atoms with Gasteiger partial charge < -0.3 is 13.9 Å².